The first-order valence-corrected chi connectivity index (χ1v) is 7.56. The molecule has 0 aromatic heterocycles. The first-order chi connectivity index (χ1) is 11.1. The maximum atomic E-state index is 11.9. The summed E-state index contributed by atoms with van der Waals surface area (Å²) in [6.07, 6.45) is 0. The zero-order valence-electron chi connectivity index (χ0n) is 12.1. The Morgan fingerprint density at radius 3 is 2.39 bits per heavy atom. The number of hydrogen-bond donors (Lipinski definition) is 2. The second-order valence-electron chi connectivity index (χ2n) is 4.48. The van der Waals surface area contributed by atoms with Gasteiger partial charge in [0.15, 0.2) is 18.1 Å². The van der Waals surface area contributed by atoms with Crippen LogP contribution in [0.5, 0.6) is 11.5 Å². The molecule has 0 atom stereocenters. The molecule has 0 radical (unpaired) electrons. The molecule has 0 aliphatic rings. The molecule has 7 heteroatoms. The Morgan fingerprint density at radius 1 is 1.04 bits per heavy atom. The van der Waals surface area contributed by atoms with Crippen molar-refractivity contribution in [2.24, 2.45) is 0 Å². The minimum absolute atomic E-state index is 0.105. The minimum atomic E-state index is -0.347. The van der Waals surface area contributed by atoms with Gasteiger partial charge in [0.05, 0.1) is 16.7 Å². The largest absolute Gasteiger partial charge is 0.487 e. The monoisotopic (exact) mass is 355 g/mol. The number of ether oxygens (including phenoxy) is 2. The van der Waals surface area contributed by atoms with Crippen LogP contribution in [0.1, 0.15) is 0 Å². The van der Waals surface area contributed by atoms with E-state index >= 15 is 0 Å². The molecule has 0 aliphatic heterocycles. The zero-order valence-corrected chi connectivity index (χ0v) is 13.6. The van der Waals surface area contributed by atoms with Crippen molar-refractivity contribution in [1.82, 2.24) is 0 Å². The number of anilines is 1. The second-order valence-corrected chi connectivity index (χ2v) is 5.30. The third-order valence-electron chi connectivity index (χ3n) is 2.76. The number of aliphatic hydroxyl groups excluding tert-OH is 1. The van der Waals surface area contributed by atoms with Gasteiger partial charge in [0.2, 0.25) is 0 Å². The highest BCUT2D eigenvalue weighted by atomic mass is 35.5. The van der Waals surface area contributed by atoms with E-state index in [4.69, 9.17) is 37.8 Å². The van der Waals surface area contributed by atoms with E-state index in [0.29, 0.717) is 27.2 Å². The van der Waals surface area contributed by atoms with Crippen LogP contribution in [-0.4, -0.2) is 30.8 Å². The summed E-state index contributed by atoms with van der Waals surface area (Å²) in [5.74, 6) is 0.537. The molecule has 0 bridgehead atoms. The van der Waals surface area contributed by atoms with Gasteiger partial charge in [0.25, 0.3) is 5.91 Å². The Kier molecular flexibility index (Phi) is 6.52. The fraction of sp³-hybridized carbons (Fsp3) is 0.188. The van der Waals surface area contributed by atoms with Crippen molar-refractivity contribution in [3.63, 3.8) is 0 Å². The van der Waals surface area contributed by atoms with Crippen LogP contribution in [0, 0.1) is 0 Å². The normalized spacial score (nSPS) is 10.2. The Bertz CT molecular complexity index is 679. The first-order valence-electron chi connectivity index (χ1n) is 6.80. The number of rotatable bonds is 7. The van der Waals surface area contributed by atoms with E-state index in [0.717, 1.165) is 0 Å². The number of nitrogens with one attached hydrogen (secondary N) is 1. The second kappa shape index (κ2) is 8.62. The van der Waals surface area contributed by atoms with Gasteiger partial charge in [-0.2, -0.15) is 0 Å². The molecule has 0 unspecified atom stereocenters. The molecule has 2 N–H and O–H groups in total. The molecule has 0 saturated heterocycles. The van der Waals surface area contributed by atoms with Gasteiger partial charge in [0, 0.05) is 5.69 Å². The van der Waals surface area contributed by atoms with E-state index < -0.39 is 0 Å². The van der Waals surface area contributed by atoms with Gasteiger partial charge < -0.3 is 19.9 Å². The predicted octanol–water partition coefficient (Wildman–Crippen LogP) is 3.38. The number of hydrogen-bond acceptors (Lipinski definition) is 4. The van der Waals surface area contributed by atoms with Crippen molar-refractivity contribution >= 4 is 34.8 Å². The van der Waals surface area contributed by atoms with Crippen LogP contribution in [0.3, 0.4) is 0 Å². The summed E-state index contributed by atoms with van der Waals surface area (Å²) in [7, 11) is 0. The van der Waals surface area contributed by atoms with Crippen LogP contribution < -0.4 is 14.8 Å². The van der Waals surface area contributed by atoms with Crippen molar-refractivity contribution in [3.05, 3.63) is 52.5 Å². The fourth-order valence-electron chi connectivity index (χ4n) is 1.76. The van der Waals surface area contributed by atoms with E-state index in [9.17, 15) is 4.79 Å². The van der Waals surface area contributed by atoms with Crippen molar-refractivity contribution in [2.75, 3.05) is 25.1 Å². The highest BCUT2D eigenvalue weighted by Gasteiger charge is 2.09. The topological polar surface area (TPSA) is 67.8 Å². The molecule has 5 nitrogen and oxygen atoms in total. The van der Waals surface area contributed by atoms with Gasteiger partial charge in [-0.05, 0) is 30.3 Å². The summed E-state index contributed by atoms with van der Waals surface area (Å²) in [6, 6.07) is 11.7. The maximum Gasteiger partial charge on any atom is 0.262 e. The molecule has 1 amide bonds. The van der Waals surface area contributed by atoms with E-state index in [1.54, 1.807) is 42.5 Å². The Labute approximate surface area is 143 Å². The summed E-state index contributed by atoms with van der Waals surface area (Å²) in [5, 5.41) is 12.2. The van der Waals surface area contributed by atoms with Crippen LogP contribution in [0.25, 0.3) is 0 Å². The molecule has 2 aromatic rings. The fourth-order valence-corrected chi connectivity index (χ4v) is 2.06. The highest BCUT2D eigenvalue weighted by molar-refractivity contribution is 6.42. The van der Waals surface area contributed by atoms with E-state index in [1.807, 2.05) is 0 Å². The molecule has 0 fully saturated rings. The smallest absolute Gasteiger partial charge is 0.262 e. The Hall–Kier alpha value is -1.95. The maximum absolute atomic E-state index is 11.9. The number of carbonyl (C=O) groups excluding carboxylic acids is 1. The molecular formula is C16H15Cl2NO4. The Morgan fingerprint density at radius 2 is 1.74 bits per heavy atom. The molecule has 0 saturated carbocycles. The molecule has 122 valence electrons. The number of halogens is 2. The number of benzene rings is 2. The molecule has 0 heterocycles. The van der Waals surface area contributed by atoms with E-state index in [2.05, 4.69) is 5.32 Å². The molecule has 0 aliphatic carbocycles. The number of carbonyl (C=O) groups is 1. The summed E-state index contributed by atoms with van der Waals surface area (Å²) in [5.41, 5.74) is 0.526. The molecule has 0 spiro atoms. The Balaban J connectivity index is 1.92. The van der Waals surface area contributed by atoms with Crippen LogP contribution in [-0.2, 0) is 4.79 Å². The molecule has 2 aromatic carbocycles. The van der Waals surface area contributed by atoms with Crippen molar-refractivity contribution < 1.29 is 19.4 Å². The number of aliphatic hydroxyl groups is 1. The van der Waals surface area contributed by atoms with Gasteiger partial charge >= 0.3 is 0 Å². The predicted molar refractivity (Wildman–Crippen MR) is 89.6 cm³/mol. The molecule has 23 heavy (non-hydrogen) atoms. The minimum Gasteiger partial charge on any atom is -0.487 e. The van der Waals surface area contributed by atoms with Crippen molar-refractivity contribution in [1.29, 1.82) is 0 Å². The number of para-hydroxylation sites is 2. The lowest BCUT2D eigenvalue weighted by molar-refractivity contribution is -0.118. The summed E-state index contributed by atoms with van der Waals surface area (Å²) in [4.78, 5) is 11.9. The summed E-state index contributed by atoms with van der Waals surface area (Å²) >= 11 is 11.7. The van der Waals surface area contributed by atoms with Crippen molar-refractivity contribution in [2.45, 2.75) is 0 Å². The van der Waals surface area contributed by atoms with Gasteiger partial charge in [-0.3, -0.25) is 4.79 Å². The van der Waals surface area contributed by atoms with E-state index in [1.165, 1.54) is 0 Å². The van der Waals surface area contributed by atoms with Gasteiger partial charge in [-0.1, -0.05) is 35.3 Å². The average molecular weight is 356 g/mol. The zero-order chi connectivity index (χ0) is 16.7. The summed E-state index contributed by atoms with van der Waals surface area (Å²) in [6.45, 7) is -0.151. The molecule has 2 rings (SSSR count). The lowest BCUT2D eigenvalue weighted by Crippen LogP contribution is -2.20. The highest BCUT2D eigenvalue weighted by Crippen LogP contribution is 2.27. The van der Waals surface area contributed by atoms with Crippen LogP contribution in [0.2, 0.25) is 10.0 Å². The van der Waals surface area contributed by atoms with Crippen LogP contribution in [0.4, 0.5) is 5.69 Å². The van der Waals surface area contributed by atoms with Gasteiger partial charge in [0.1, 0.15) is 6.61 Å². The van der Waals surface area contributed by atoms with Gasteiger partial charge in [-0.25, -0.2) is 0 Å². The van der Waals surface area contributed by atoms with Gasteiger partial charge in [-0.15, -0.1) is 0 Å². The van der Waals surface area contributed by atoms with Crippen molar-refractivity contribution in [3.8, 4) is 11.5 Å². The van der Waals surface area contributed by atoms with E-state index in [-0.39, 0.29) is 25.7 Å². The summed E-state index contributed by atoms with van der Waals surface area (Å²) < 4.78 is 10.8. The SMILES string of the molecule is O=C(COc1ccccc1OCCO)Nc1ccc(Cl)c(Cl)c1. The number of amides is 1. The third-order valence-corrected chi connectivity index (χ3v) is 3.50. The average Bonchev–Trinajstić information content (AvgIpc) is 2.55. The first kappa shape index (κ1) is 17.4. The van der Waals surface area contributed by atoms with Crippen LogP contribution >= 0.6 is 23.2 Å². The quantitative estimate of drug-likeness (QED) is 0.798. The standard InChI is InChI=1S/C16H15Cl2NO4/c17-12-6-5-11(9-13(12)18)19-16(21)10-23-15-4-2-1-3-14(15)22-8-7-20/h1-6,9,20H,7-8,10H2,(H,19,21). The molecular weight excluding hydrogens is 341 g/mol. The third kappa shape index (κ3) is 5.32. The lowest BCUT2D eigenvalue weighted by atomic mass is 10.3. The lowest BCUT2D eigenvalue weighted by Gasteiger charge is -2.12. The van der Waals surface area contributed by atoms with Crippen LogP contribution in [0.15, 0.2) is 42.5 Å².